The molecule has 6 heteroatoms. The van der Waals surface area contributed by atoms with Crippen LogP contribution in [0.25, 0.3) is 0 Å². The molecule has 0 amide bonds. The van der Waals surface area contributed by atoms with Crippen molar-refractivity contribution in [3.63, 3.8) is 0 Å². The Morgan fingerprint density at radius 2 is 2.05 bits per heavy atom. The lowest BCUT2D eigenvalue weighted by Crippen LogP contribution is -2.27. The first-order chi connectivity index (χ1) is 10.4. The minimum absolute atomic E-state index is 0.0246. The van der Waals surface area contributed by atoms with Gasteiger partial charge in [-0.2, -0.15) is 5.10 Å². The fourth-order valence-corrected chi connectivity index (χ4v) is 2.36. The van der Waals surface area contributed by atoms with Crippen LogP contribution in [-0.2, 0) is 0 Å². The van der Waals surface area contributed by atoms with Crippen LogP contribution in [0, 0.1) is 5.82 Å². The van der Waals surface area contributed by atoms with Gasteiger partial charge in [0.05, 0.1) is 23.9 Å². The average molecular weight is 326 g/mol. The lowest BCUT2D eigenvalue weighted by Gasteiger charge is -2.21. The monoisotopic (exact) mass is 325 g/mol. The highest BCUT2D eigenvalue weighted by Gasteiger charge is 2.17. The minimum Gasteiger partial charge on any atom is -0.394 e. The molecule has 1 aromatic carbocycles. The van der Waals surface area contributed by atoms with Crippen molar-refractivity contribution in [3.8, 4) is 0 Å². The second-order valence-corrected chi connectivity index (χ2v) is 6.05. The molecule has 0 spiro atoms. The van der Waals surface area contributed by atoms with Crippen molar-refractivity contribution in [2.75, 3.05) is 6.61 Å². The van der Waals surface area contributed by atoms with E-state index in [1.54, 1.807) is 12.3 Å². The van der Waals surface area contributed by atoms with Gasteiger partial charge in [0.15, 0.2) is 0 Å². The van der Waals surface area contributed by atoms with Crippen molar-refractivity contribution >= 4 is 11.6 Å². The number of aliphatic hydroxyl groups is 1. The lowest BCUT2D eigenvalue weighted by molar-refractivity contribution is 0.235. The quantitative estimate of drug-likeness (QED) is 0.852. The van der Waals surface area contributed by atoms with Crippen molar-refractivity contribution in [2.45, 2.75) is 38.9 Å². The van der Waals surface area contributed by atoms with Crippen molar-refractivity contribution in [3.05, 3.63) is 52.6 Å². The third-order valence-electron chi connectivity index (χ3n) is 3.63. The Morgan fingerprint density at radius 3 is 2.59 bits per heavy atom. The van der Waals surface area contributed by atoms with E-state index in [-0.39, 0.29) is 23.7 Å². The number of aromatic nitrogens is 2. The minimum atomic E-state index is -0.486. The molecule has 4 nitrogen and oxygen atoms in total. The summed E-state index contributed by atoms with van der Waals surface area (Å²) >= 11 is 5.69. The first kappa shape index (κ1) is 16.9. The summed E-state index contributed by atoms with van der Waals surface area (Å²) in [7, 11) is 0. The van der Waals surface area contributed by atoms with Gasteiger partial charge in [-0.3, -0.25) is 4.68 Å². The molecule has 0 radical (unpaired) electrons. The predicted molar refractivity (Wildman–Crippen MR) is 85.4 cm³/mol. The van der Waals surface area contributed by atoms with E-state index in [1.807, 2.05) is 17.8 Å². The summed E-state index contributed by atoms with van der Waals surface area (Å²) in [6.07, 6.45) is 3.77. The van der Waals surface area contributed by atoms with E-state index in [9.17, 15) is 9.50 Å². The standard InChI is InChI=1S/C16H21ClFN3O/c1-10(2)21-8-13(7-19-21)11(3)20-16(9-22)12-4-5-14(17)15(18)6-12/h4-8,10-11,16,20,22H,9H2,1-3H3. The molecule has 2 rings (SSSR count). The Kier molecular flexibility index (Phi) is 5.56. The zero-order valence-corrected chi connectivity index (χ0v) is 13.7. The van der Waals surface area contributed by atoms with Crippen LogP contribution in [0.15, 0.2) is 30.6 Å². The summed E-state index contributed by atoms with van der Waals surface area (Å²) in [5, 5.41) is 17.3. The molecule has 2 N–H and O–H groups in total. The summed E-state index contributed by atoms with van der Waals surface area (Å²) in [6, 6.07) is 4.45. The number of hydrogen-bond acceptors (Lipinski definition) is 3. The van der Waals surface area contributed by atoms with Gasteiger partial charge < -0.3 is 10.4 Å². The van der Waals surface area contributed by atoms with E-state index >= 15 is 0 Å². The molecular formula is C16H21ClFN3O. The summed E-state index contributed by atoms with van der Waals surface area (Å²) in [6.45, 7) is 5.96. The van der Waals surface area contributed by atoms with E-state index < -0.39 is 5.82 Å². The smallest absolute Gasteiger partial charge is 0.142 e. The second kappa shape index (κ2) is 7.22. The second-order valence-electron chi connectivity index (χ2n) is 5.64. The van der Waals surface area contributed by atoms with Crippen molar-refractivity contribution in [2.24, 2.45) is 0 Å². The molecule has 0 saturated carbocycles. The molecule has 0 aliphatic carbocycles. The van der Waals surface area contributed by atoms with Gasteiger partial charge >= 0.3 is 0 Å². The molecule has 0 bridgehead atoms. The maximum Gasteiger partial charge on any atom is 0.142 e. The number of rotatable bonds is 6. The van der Waals surface area contributed by atoms with Gasteiger partial charge in [0.1, 0.15) is 5.82 Å². The van der Waals surface area contributed by atoms with Crippen LogP contribution < -0.4 is 5.32 Å². The fraction of sp³-hybridized carbons (Fsp3) is 0.438. The summed E-state index contributed by atoms with van der Waals surface area (Å²) in [5.41, 5.74) is 1.68. The van der Waals surface area contributed by atoms with Crippen LogP contribution in [0.3, 0.4) is 0 Å². The predicted octanol–water partition coefficient (Wildman–Crippen LogP) is 3.64. The van der Waals surface area contributed by atoms with Gasteiger partial charge in [-0.1, -0.05) is 17.7 Å². The molecule has 2 aromatic rings. The zero-order chi connectivity index (χ0) is 16.3. The van der Waals surface area contributed by atoms with E-state index in [4.69, 9.17) is 11.6 Å². The number of benzene rings is 1. The molecule has 0 saturated heterocycles. The SMILES string of the molecule is CC(NC(CO)c1ccc(Cl)c(F)c1)c1cnn(C(C)C)c1. The normalized spacial score (nSPS) is 14.3. The Hall–Kier alpha value is -1.43. The molecule has 2 unspecified atom stereocenters. The topological polar surface area (TPSA) is 50.1 Å². The summed E-state index contributed by atoms with van der Waals surface area (Å²) in [4.78, 5) is 0. The highest BCUT2D eigenvalue weighted by molar-refractivity contribution is 6.30. The number of nitrogens with one attached hydrogen (secondary N) is 1. The van der Waals surface area contributed by atoms with E-state index in [0.29, 0.717) is 11.6 Å². The Bertz CT molecular complexity index is 630. The van der Waals surface area contributed by atoms with Crippen LogP contribution in [-0.4, -0.2) is 21.5 Å². The van der Waals surface area contributed by atoms with Crippen LogP contribution >= 0.6 is 11.6 Å². The molecule has 22 heavy (non-hydrogen) atoms. The molecule has 1 aromatic heterocycles. The average Bonchev–Trinajstić information content (AvgIpc) is 2.97. The largest absolute Gasteiger partial charge is 0.394 e. The van der Waals surface area contributed by atoms with Crippen LogP contribution in [0.5, 0.6) is 0 Å². The molecule has 120 valence electrons. The van der Waals surface area contributed by atoms with Crippen molar-refractivity contribution in [1.29, 1.82) is 0 Å². The number of hydrogen-bond donors (Lipinski definition) is 2. The van der Waals surface area contributed by atoms with Gasteiger partial charge in [0.2, 0.25) is 0 Å². The first-order valence-electron chi connectivity index (χ1n) is 7.28. The third-order valence-corrected chi connectivity index (χ3v) is 3.94. The van der Waals surface area contributed by atoms with Crippen LogP contribution in [0.1, 0.15) is 50.0 Å². The number of halogens is 2. The van der Waals surface area contributed by atoms with E-state index in [0.717, 1.165) is 5.56 Å². The Balaban J connectivity index is 2.12. The highest BCUT2D eigenvalue weighted by atomic mass is 35.5. The van der Waals surface area contributed by atoms with E-state index in [1.165, 1.54) is 12.1 Å². The van der Waals surface area contributed by atoms with Gasteiger partial charge in [-0.25, -0.2) is 4.39 Å². The molecule has 0 aliphatic rings. The van der Waals surface area contributed by atoms with Crippen LogP contribution in [0.4, 0.5) is 4.39 Å². The Morgan fingerprint density at radius 1 is 1.32 bits per heavy atom. The van der Waals surface area contributed by atoms with Crippen molar-refractivity contribution in [1.82, 2.24) is 15.1 Å². The molecule has 0 fully saturated rings. The molecular weight excluding hydrogens is 305 g/mol. The molecule has 1 heterocycles. The van der Waals surface area contributed by atoms with Crippen molar-refractivity contribution < 1.29 is 9.50 Å². The molecule has 0 aliphatic heterocycles. The first-order valence-corrected chi connectivity index (χ1v) is 7.66. The van der Waals surface area contributed by atoms with E-state index in [2.05, 4.69) is 24.3 Å². The van der Waals surface area contributed by atoms with Crippen LogP contribution in [0.2, 0.25) is 5.02 Å². The third kappa shape index (κ3) is 3.85. The summed E-state index contributed by atoms with van der Waals surface area (Å²) in [5.74, 6) is -0.486. The molecule has 2 atom stereocenters. The fourth-order valence-electron chi connectivity index (χ4n) is 2.24. The van der Waals surface area contributed by atoms with Gasteiger partial charge in [0, 0.05) is 23.8 Å². The highest BCUT2D eigenvalue weighted by Crippen LogP contribution is 2.23. The van der Waals surface area contributed by atoms with Gasteiger partial charge in [-0.15, -0.1) is 0 Å². The maximum absolute atomic E-state index is 13.6. The van der Waals surface area contributed by atoms with Gasteiger partial charge in [-0.05, 0) is 38.5 Å². The van der Waals surface area contributed by atoms with Gasteiger partial charge in [0.25, 0.3) is 0 Å². The summed E-state index contributed by atoms with van der Waals surface area (Å²) < 4.78 is 15.5. The number of nitrogens with zero attached hydrogens (tertiary/aromatic N) is 2. The number of aliphatic hydroxyl groups excluding tert-OH is 1. The lowest BCUT2D eigenvalue weighted by atomic mass is 10.1. The Labute approximate surface area is 134 Å². The maximum atomic E-state index is 13.6. The zero-order valence-electron chi connectivity index (χ0n) is 12.9.